The second-order valence-corrected chi connectivity index (χ2v) is 5.89. The van der Waals surface area contributed by atoms with E-state index in [0.29, 0.717) is 13.1 Å². The Bertz CT molecular complexity index is 839. The van der Waals surface area contributed by atoms with E-state index in [9.17, 15) is 4.79 Å². The summed E-state index contributed by atoms with van der Waals surface area (Å²) in [5, 5.41) is 5.75. The smallest absolute Gasteiger partial charge is 0.315 e. The molecule has 0 aliphatic rings. The Morgan fingerprint density at radius 2 is 1.88 bits per heavy atom. The van der Waals surface area contributed by atoms with Crippen molar-refractivity contribution in [3.05, 3.63) is 65.5 Å². The zero-order valence-corrected chi connectivity index (χ0v) is 14.0. The highest BCUT2D eigenvalue weighted by Gasteiger charge is 2.05. The maximum atomic E-state index is 11.8. The number of urea groups is 1. The number of rotatable bonds is 5. The number of nitrogens with zero attached hydrogens (tertiary/aromatic N) is 2. The molecule has 0 unspecified atom stereocenters. The molecule has 0 spiro atoms. The first-order valence-electron chi connectivity index (χ1n) is 8.11. The number of nitrogens with one attached hydrogen (secondary N) is 2. The zero-order valence-electron chi connectivity index (χ0n) is 14.0. The molecule has 0 fully saturated rings. The Hall–Kier alpha value is -2.82. The predicted molar refractivity (Wildman–Crippen MR) is 95.8 cm³/mol. The highest BCUT2D eigenvalue weighted by molar-refractivity contribution is 5.77. The maximum Gasteiger partial charge on any atom is 0.315 e. The van der Waals surface area contributed by atoms with Gasteiger partial charge in [-0.2, -0.15) is 0 Å². The van der Waals surface area contributed by atoms with E-state index in [4.69, 9.17) is 0 Å². The van der Waals surface area contributed by atoms with Gasteiger partial charge >= 0.3 is 6.03 Å². The van der Waals surface area contributed by atoms with Crippen molar-refractivity contribution in [1.29, 1.82) is 0 Å². The highest BCUT2D eigenvalue weighted by Crippen LogP contribution is 2.16. The van der Waals surface area contributed by atoms with E-state index in [2.05, 4.69) is 38.4 Å². The minimum atomic E-state index is -0.145. The molecule has 0 saturated carbocycles. The van der Waals surface area contributed by atoms with Gasteiger partial charge in [0.2, 0.25) is 0 Å². The van der Waals surface area contributed by atoms with Crippen LogP contribution in [-0.4, -0.2) is 22.1 Å². The standard InChI is InChI=1S/C19H22N4O/c1-14-22-17-12-15(8-9-18(17)23(14)2)10-11-20-19(24)21-13-16-6-4-3-5-7-16/h3-9,12H,10-11,13H2,1-2H3,(H2,20,21,24). The minimum Gasteiger partial charge on any atom is -0.338 e. The van der Waals surface area contributed by atoms with E-state index in [-0.39, 0.29) is 6.03 Å². The molecule has 5 nitrogen and oxygen atoms in total. The van der Waals surface area contributed by atoms with E-state index in [1.165, 1.54) is 5.56 Å². The van der Waals surface area contributed by atoms with Crippen LogP contribution in [0.3, 0.4) is 0 Å². The van der Waals surface area contributed by atoms with Crippen LogP contribution in [0.15, 0.2) is 48.5 Å². The average molecular weight is 322 g/mol. The van der Waals surface area contributed by atoms with Gasteiger partial charge in [0.1, 0.15) is 5.82 Å². The SMILES string of the molecule is Cc1nc2cc(CCNC(=O)NCc3ccccc3)ccc2n1C. The molecule has 124 valence electrons. The first-order valence-corrected chi connectivity index (χ1v) is 8.11. The van der Waals surface area contributed by atoms with Crippen molar-refractivity contribution in [2.24, 2.45) is 7.05 Å². The number of amides is 2. The third kappa shape index (κ3) is 3.74. The quantitative estimate of drug-likeness (QED) is 0.759. The van der Waals surface area contributed by atoms with Crippen molar-refractivity contribution in [3.8, 4) is 0 Å². The maximum absolute atomic E-state index is 11.8. The molecule has 0 saturated heterocycles. The Balaban J connectivity index is 1.48. The van der Waals surface area contributed by atoms with Crippen LogP contribution in [0.2, 0.25) is 0 Å². The lowest BCUT2D eigenvalue weighted by Gasteiger charge is -2.08. The van der Waals surface area contributed by atoms with Gasteiger partial charge in [-0.3, -0.25) is 0 Å². The number of hydrogen-bond donors (Lipinski definition) is 2. The number of imidazole rings is 1. The molecule has 1 heterocycles. The fourth-order valence-electron chi connectivity index (χ4n) is 2.68. The lowest BCUT2D eigenvalue weighted by Crippen LogP contribution is -2.36. The van der Waals surface area contributed by atoms with Crippen LogP contribution in [0.4, 0.5) is 4.79 Å². The first-order chi connectivity index (χ1) is 11.6. The normalized spacial score (nSPS) is 10.8. The zero-order chi connectivity index (χ0) is 16.9. The van der Waals surface area contributed by atoms with Crippen LogP contribution in [0.25, 0.3) is 11.0 Å². The van der Waals surface area contributed by atoms with Gasteiger partial charge in [0.15, 0.2) is 0 Å². The van der Waals surface area contributed by atoms with Gasteiger partial charge in [-0.25, -0.2) is 9.78 Å². The lowest BCUT2D eigenvalue weighted by molar-refractivity contribution is 0.240. The number of carbonyl (C=O) groups is 1. The van der Waals surface area contributed by atoms with E-state index in [1.807, 2.05) is 44.3 Å². The van der Waals surface area contributed by atoms with Gasteiger partial charge in [0.05, 0.1) is 11.0 Å². The summed E-state index contributed by atoms with van der Waals surface area (Å²) in [7, 11) is 2.02. The van der Waals surface area contributed by atoms with Gasteiger partial charge in [-0.15, -0.1) is 0 Å². The third-order valence-electron chi connectivity index (χ3n) is 4.16. The summed E-state index contributed by atoms with van der Waals surface area (Å²) < 4.78 is 2.08. The summed E-state index contributed by atoms with van der Waals surface area (Å²) in [6, 6.07) is 16.0. The molecule has 2 aromatic carbocycles. The summed E-state index contributed by atoms with van der Waals surface area (Å²) in [5.41, 5.74) is 4.39. The van der Waals surface area contributed by atoms with Crippen molar-refractivity contribution in [3.63, 3.8) is 0 Å². The van der Waals surface area contributed by atoms with Gasteiger partial charge in [-0.1, -0.05) is 36.4 Å². The molecule has 3 rings (SSSR count). The molecule has 1 aromatic heterocycles. The molecule has 2 amide bonds. The van der Waals surface area contributed by atoms with Crippen LogP contribution < -0.4 is 10.6 Å². The molecule has 3 aromatic rings. The molecular weight excluding hydrogens is 300 g/mol. The molecule has 0 aliphatic carbocycles. The summed E-state index contributed by atoms with van der Waals surface area (Å²) in [6.07, 6.45) is 0.782. The highest BCUT2D eigenvalue weighted by atomic mass is 16.2. The molecule has 5 heteroatoms. The van der Waals surface area contributed by atoms with Gasteiger partial charge in [0, 0.05) is 20.1 Å². The Morgan fingerprint density at radius 3 is 2.67 bits per heavy atom. The van der Waals surface area contributed by atoms with Crippen LogP contribution >= 0.6 is 0 Å². The van der Waals surface area contributed by atoms with Crippen molar-refractivity contribution < 1.29 is 4.79 Å². The molecule has 2 N–H and O–H groups in total. The number of aryl methyl sites for hydroxylation is 2. The molecular formula is C19H22N4O. The fourth-order valence-corrected chi connectivity index (χ4v) is 2.68. The fraction of sp³-hybridized carbons (Fsp3) is 0.263. The molecule has 0 aliphatic heterocycles. The van der Waals surface area contributed by atoms with E-state index in [1.54, 1.807) is 0 Å². The van der Waals surface area contributed by atoms with E-state index < -0.39 is 0 Å². The van der Waals surface area contributed by atoms with Crippen molar-refractivity contribution in [2.45, 2.75) is 19.9 Å². The van der Waals surface area contributed by atoms with Crippen LogP contribution in [-0.2, 0) is 20.0 Å². The third-order valence-corrected chi connectivity index (χ3v) is 4.16. The lowest BCUT2D eigenvalue weighted by atomic mass is 10.1. The Kier molecular flexibility index (Phi) is 4.79. The van der Waals surface area contributed by atoms with Crippen molar-refractivity contribution in [2.75, 3.05) is 6.54 Å². The first kappa shape index (κ1) is 16.1. The monoisotopic (exact) mass is 322 g/mol. The minimum absolute atomic E-state index is 0.145. The van der Waals surface area contributed by atoms with E-state index in [0.717, 1.165) is 28.8 Å². The Labute approximate surface area is 141 Å². The van der Waals surface area contributed by atoms with Crippen LogP contribution in [0.1, 0.15) is 17.0 Å². The number of benzene rings is 2. The summed E-state index contributed by atoms with van der Waals surface area (Å²) in [5.74, 6) is 1.00. The average Bonchev–Trinajstić information content (AvgIpc) is 2.88. The second-order valence-electron chi connectivity index (χ2n) is 5.89. The van der Waals surface area contributed by atoms with Gasteiger partial charge in [0.25, 0.3) is 0 Å². The van der Waals surface area contributed by atoms with Crippen molar-refractivity contribution in [1.82, 2.24) is 20.2 Å². The van der Waals surface area contributed by atoms with Gasteiger partial charge < -0.3 is 15.2 Å². The molecule has 0 radical (unpaired) electrons. The molecule has 0 atom stereocenters. The number of hydrogen-bond acceptors (Lipinski definition) is 2. The number of carbonyl (C=O) groups excluding carboxylic acids is 1. The van der Waals surface area contributed by atoms with Crippen LogP contribution in [0, 0.1) is 6.92 Å². The predicted octanol–water partition coefficient (Wildman–Crippen LogP) is 2.92. The summed E-state index contributed by atoms with van der Waals surface area (Å²) in [4.78, 5) is 16.4. The van der Waals surface area contributed by atoms with Gasteiger partial charge in [-0.05, 0) is 36.6 Å². The molecule has 24 heavy (non-hydrogen) atoms. The number of fused-ring (bicyclic) bond motifs is 1. The van der Waals surface area contributed by atoms with Crippen LogP contribution in [0.5, 0.6) is 0 Å². The summed E-state index contributed by atoms with van der Waals surface area (Å²) >= 11 is 0. The molecule has 0 bridgehead atoms. The second kappa shape index (κ2) is 7.17. The topological polar surface area (TPSA) is 59.0 Å². The summed E-state index contributed by atoms with van der Waals surface area (Å²) in [6.45, 7) is 3.13. The Morgan fingerprint density at radius 1 is 1.08 bits per heavy atom. The van der Waals surface area contributed by atoms with E-state index >= 15 is 0 Å². The largest absolute Gasteiger partial charge is 0.338 e. The van der Waals surface area contributed by atoms with Crippen molar-refractivity contribution >= 4 is 17.1 Å². The number of aromatic nitrogens is 2.